The number of hydrogen-bond acceptors (Lipinski definition) is 8. The van der Waals surface area contributed by atoms with Crippen molar-refractivity contribution in [3.63, 3.8) is 0 Å². The van der Waals surface area contributed by atoms with Gasteiger partial charge in [0.2, 0.25) is 5.75 Å². The lowest BCUT2D eigenvalue weighted by molar-refractivity contribution is -0.385. The number of unbranched alkanes of at least 4 members (excludes halogenated alkanes) is 1. The molecule has 0 saturated carbocycles. The molecule has 180 valence electrons. The molecule has 33 heavy (non-hydrogen) atoms. The van der Waals surface area contributed by atoms with Crippen LogP contribution in [0.2, 0.25) is 0 Å². The number of ether oxygens (including phenoxy) is 2. The Morgan fingerprint density at radius 3 is 2.45 bits per heavy atom. The van der Waals surface area contributed by atoms with E-state index in [-0.39, 0.29) is 23.7 Å². The van der Waals surface area contributed by atoms with Gasteiger partial charge in [-0.05, 0) is 43.9 Å². The van der Waals surface area contributed by atoms with Gasteiger partial charge in [-0.2, -0.15) is 5.26 Å². The number of nitrogens with zero attached hydrogens (tertiary/aromatic N) is 3. The van der Waals surface area contributed by atoms with E-state index in [0.717, 1.165) is 43.9 Å². The van der Waals surface area contributed by atoms with Crippen molar-refractivity contribution in [3.8, 4) is 17.6 Å². The van der Waals surface area contributed by atoms with E-state index in [1.54, 1.807) is 19.9 Å². The number of rotatable bonds is 12. The standard InChI is InChI=1S/C23H31N3O7/c1-5-9-10-16(6-2)15-32-23(29)33-20-13-17(12-19(21(20)27)26(30)31)11-18(14-24)22(28)25(7-3)8-4/h11-13,16,27H,5-10,15H2,1-4H3/b18-11+. The molecule has 0 spiro atoms. The Bertz CT molecular complexity index is 917. The first-order valence-corrected chi connectivity index (χ1v) is 11.0. The predicted octanol–water partition coefficient (Wildman–Crippen LogP) is 4.81. The Morgan fingerprint density at radius 2 is 1.94 bits per heavy atom. The number of phenolic OH excluding ortho intramolecular Hbond substituents is 1. The molecule has 0 radical (unpaired) electrons. The quantitative estimate of drug-likeness (QED) is 0.117. The van der Waals surface area contributed by atoms with Crippen molar-refractivity contribution >= 4 is 23.8 Å². The van der Waals surface area contributed by atoms with Crippen molar-refractivity contribution in [2.45, 2.75) is 53.4 Å². The highest BCUT2D eigenvalue weighted by molar-refractivity contribution is 6.01. The molecule has 0 bridgehead atoms. The molecule has 1 aromatic rings. The lowest BCUT2D eigenvalue weighted by Crippen LogP contribution is -2.31. The lowest BCUT2D eigenvalue weighted by atomic mass is 10.0. The monoisotopic (exact) mass is 461 g/mol. The molecular weight excluding hydrogens is 430 g/mol. The smallest absolute Gasteiger partial charge is 0.499 e. The molecule has 1 amide bonds. The molecule has 1 N–H and O–H groups in total. The highest BCUT2D eigenvalue weighted by Crippen LogP contribution is 2.38. The van der Waals surface area contributed by atoms with Crippen LogP contribution in [-0.4, -0.2) is 46.7 Å². The summed E-state index contributed by atoms with van der Waals surface area (Å²) in [6.07, 6.45) is 3.72. The first-order chi connectivity index (χ1) is 15.7. The summed E-state index contributed by atoms with van der Waals surface area (Å²) in [6.45, 7) is 8.42. The van der Waals surface area contributed by atoms with Crippen LogP contribution < -0.4 is 4.74 Å². The van der Waals surface area contributed by atoms with Crippen molar-refractivity contribution in [1.82, 2.24) is 4.90 Å². The average Bonchev–Trinajstić information content (AvgIpc) is 2.79. The minimum absolute atomic E-state index is 0.0359. The van der Waals surface area contributed by atoms with Crippen molar-refractivity contribution in [3.05, 3.63) is 33.4 Å². The molecule has 0 aromatic heterocycles. The summed E-state index contributed by atoms with van der Waals surface area (Å²) in [5.74, 6) is -1.76. The van der Waals surface area contributed by atoms with Gasteiger partial charge in [0.05, 0.1) is 11.5 Å². The maximum Gasteiger partial charge on any atom is 0.513 e. The molecule has 0 aliphatic heterocycles. The van der Waals surface area contributed by atoms with Gasteiger partial charge < -0.3 is 19.5 Å². The van der Waals surface area contributed by atoms with E-state index in [0.29, 0.717) is 13.1 Å². The molecule has 1 rings (SSSR count). The van der Waals surface area contributed by atoms with Gasteiger partial charge in [-0.1, -0.05) is 33.1 Å². The van der Waals surface area contributed by atoms with Gasteiger partial charge in [-0.25, -0.2) is 4.79 Å². The van der Waals surface area contributed by atoms with Gasteiger partial charge in [-0.3, -0.25) is 14.9 Å². The summed E-state index contributed by atoms with van der Waals surface area (Å²) < 4.78 is 10.1. The SMILES string of the molecule is CCCCC(CC)COC(=O)Oc1cc(/C=C(\C#N)C(=O)N(CC)CC)cc([N+](=O)[O-])c1O. The maximum absolute atomic E-state index is 12.5. The fourth-order valence-electron chi connectivity index (χ4n) is 3.11. The van der Waals surface area contributed by atoms with Crippen LogP contribution in [0.5, 0.6) is 11.5 Å². The number of likely N-dealkylation sites (N-methyl/N-ethyl adjacent to an activating group) is 1. The zero-order valence-corrected chi connectivity index (χ0v) is 19.5. The number of phenols is 1. The zero-order valence-electron chi connectivity index (χ0n) is 19.5. The van der Waals surface area contributed by atoms with Gasteiger partial charge in [0.1, 0.15) is 11.6 Å². The molecule has 10 nitrogen and oxygen atoms in total. The van der Waals surface area contributed by atoms with E-state index in [4.69, 9.17) is 9.47 Å². The van der Waals surface area contributed by atoms with Gasteiger partial charge >= 0.3 is 11.8 Å². The van der Waals surface area contributed by atoms with Crippen molar-refractivity contribution in [2.75, 3.05) is 19.7 Å². The predicted molar refractivity (Wildman–Crippen MR) is 122 cm³/mol. The van der Waals surface area contributed by atoms with E-state index >= 15 is 0 Å². The molecule has 0 heterocycles. The molecule has 0 fully saturated rings. The Morgan fingerprint density at radius 1 is 1.27 bits per heavy atom. The number of carbonyl (C=O) groups excluding carboxylic acids is 2. The summed E-state index contributed by atoms with van der Waals surface area (Å²) in [6, 6.07) is 3.90. The van der Waals surface area contributed by atoms with Crippen LogP contribution in [0.1, 0.15) is 58.9 Å². The van der Waals surface area contributed by atoms with Crippen molar-refractivity contribution < 1.29 is 29.1 Å². The highest BCUT2D eigenvalue weighted by atomic mass is 16.7. The topological polar surface area (TPSA) is 143 Å². The van der Waals surface area contributed by atoms with Gasteiger partial charge in [0.15, 0.2) is 5.75 Å². The first kappa shape index (κ1) is 27.4. The van der Waals surface area contributed by atoms with E-state index in [1.165, 1.54) is 4.90 Å². The Kier molecular flexibility index (Phi) is 11.4. The second kappa shape index (κ2) is 13.7. The molecule has 0 aliphatic carbocycles. The molecule has 10 heteroatoms. The fourth-order valence-corrected chi connectivity index (χ4v) is 3.11. The van der Waals surface area contributed by atoms with Crippen LogP contribution in [0.15, 0.2) is 17.7 Å². The Labute approximate surface area is 193 Å². The van der Waals surface area contributed by atoms with E-state index < -0.39 is 34.2 Å². The summed E-state index contributed by atoms with van der Waals surface area (Å²) in [4.78, 5) is 36.6. The Hall–Kier alpha value is -3.61. The van der Waals surface area contributed by atoms with E-state index in [2.05, 4.69) is 6.92 Å². The number of nitro groups is 1. The van der Waals surface area contributed by atoms with Gasteiger partial charge in [0, 0.05) is 19.2 Å². The largest absolute Gasteiger partial charge is 0.513 e. The zero-order chi connectivity index (χ0) is 25.0. The molecule has 1 aromatic carbocycles. The third-order valence-electron chi connectivity index (χ3n) is 5.16. The van der Waals surface area contributed by atoms with Crippen LogP contribution >= 0.6 is 0 Å². The third kappa shape index (κ3) is 8.11. The number of nitriles is 1. The fraction of sp³-hybridized carbons (Fsp3) is 0.522. The number of amides is 1. The minimum atomic E-state index is -1.12. The maximum atomic E-state index is 12.5. The number of carbonyl (C=O) groups is 2. The molecule has 1 unspecified atom stereocenters. The molecule has 0 aliphatic rings. The summed E-state index contributed by atoms with van der Waals surface area (Å²) in [7, 11) is 0. The second-order valence-electron chi connectivity index (χ2n) is 7.37. The van der Waals surface area contributed by atoms with Crippen LogP contribution in [0.4, 0.5) is 10.5 Å². The lowest BCUT2D eigenvalue weighted by Gasteiger charge is -2.17. The van der Waals surface area contributed by atoms with Crippen molar-refractivity contribution in [2.24, 2.45) is 5.92 Å². The van der Waals surface area contributed by atoms with Crippen molar-refractivity contribution in [1.29, 1.82) is 5.26 Å². The third-order valence-corrected chi connectivity index (χ3v) is 5.16. The Balaban J connectivity index is 3.20. The molecule has 0 saturated heterocycles. The number of nitro benzene ring substituents is 1. The van der Waals surface area contributed by atoms with Gasteiger partial charge in [0.25, 0.3) is 5.91 Å². The summed E-state index contributed by atoms with van der Waals surface area (Å²) in [5.41, 5.74) is -0.962. The average molecular weight is 462 g/mol. The normalized spacial score (nSPS) is 11.9. The van der Waals surface area contributed by atoms with Gasteiger partial charge in [-0.15, -0.1) is 0 Å². The van der Waals surface area contributed by atoms with Crippen LogP contribution in [0.25, 0.3) is 6.08 Å². The first-order valence-electron chi connectivity index (χ1n) is 11.0. The summed E-state index contributed by atoms with van der Waals surface area (Å²) in [5, 5.41) is 31.0. The molecular formula is C23H31N3O7. The number of aromatic hydroxyl groups is 1. The second-order valence-corrected chi connectivity index (χ2v) is 7.37. The minimum Gasteiger partial charge on any atom is -0.499 e. The van der Waals surface area contributed by atoms with Crippen LogP contribution in [0, 0.1) is 27.4 Å². The summed E-state index contributed by atoms with van der Waals surface area (Å²) >= 11 is 0. The van der Waals surface area contributed by atoms with E-state index in [9.17, 15) is 30.1 Å². The highest BCUT2D eigenvalue weighted by Gasteiger charge is 2.24. The molecule has 1 atom stereocenters. The van der Waals surface area contributed by atoms with E-state index in [1.807, 2.05) is 6.92 Å². The van der Waals surface area contributed by atoms with Crippen LogP contribution in [-0.2, 0) is 9.53 Å². The van der Waals surface area contributed by atoms with Crippen LogP contribution in [0.3, 0.4) is 0 Å². The number of hydrogen-bond donors (Lipinski definition) is 1. The number of benzene rings is 1.